The quantitative estimate of drug-likeness (QED) is 0.729. The van der Waals surface area contributed by atoms with E-state index in [9.17, 15) is 4.79 Å². The molecule has 3 aromatic rings. The van der Waals surface area contributed by atoms with Crippen molar-refractivity contribution in [1.29, 1.82) is 0 Å². The summed E-state index contributed by atoms with van der Waals surface area (Å²) in [6, 6.07) is 11.7. The zero-order chi connectivity index (χ0) is 14.4. The zero-order valence-corrected chi connectivity index (χ0v) is 12.7. The number of aromatic amines is 1. The molecule has 1 N–H and O–H groups in total. The summed E-state index contributed by atoms with van der Waals surface area (Å²) in [5, 5.41) is 0. The molecule has 0 bridgehead atoms. The van der Waals surface area contributed by atoms with Gasteiger partial charge in [-0.25, -0.2) is 0 Å². The zero-order valence-electron chi connectivity index (χ0n) is 11.8. The first-order valence-electron chi connectivity index (χ1n) is 7.16. The Morgan fingerprint density at radius 3 is 2.90 bits per heavy atom. The summed E-state index contributed by atoms with van der Waals surface area (Å²) in [5.74, 6) is 0.129. The third kappa shape index (κ3) is 2.07. The van der Waals surface area contributed by atoms with Crippen molar-refractivity contribution in [2.24, 2.45) is 0 Å². The summed E-state index contributed by atoms with van der Waals surface area (Å²) in [7, 11) is 0. The van der Waals surface area contributed by atoms with Crippen molar-refractivity contribution in [2.75, 3.05) is 6.54 Å². The predicted octanol–water partition coefficient (Wildman–Crippen LogP) is 3.74. The van der Waals surface area contributed by atoms with Crippen molar-refractivity contribution in [3.63, 3.8) is 0 Å². The van der Waals surface area contributed by atoms with Gasteiger partial charge < -0.3 is 9.88 Å². The Kier molecular flexibility index (Phi) is 2.86. The molecule has 0 atom stereocenters. The van der Waals surface area contributed by atoms with Gasteiger partial charge in [-0.1, -0.05) is 18.2 Å². The van der Waals surface area contributed by atoms with Crippen LogP contribution in [0.25, 0.3) is 10.2 Å². The number of nitrogens with one attached hydrogen (secondary N) is 1. The molecular formula is C17H16N2OS. The lowest BCUT2D eigenvalue weighted by molar-refractivity contribution is 0.0735. The second-order valence-corrected chi connectivity index (χ2v) is 6.78. The number of amides is 1. The fraction of sp³-hybridized carbons (Fsp3) is 0.235. The van der Waals surface area contributed by atoms with Gasteiger partial charge in [0.15, 0.2) is 0 Å². The van der Waals surface area contributed by atoms with Crippen molar-refractivity contribution in [3.8, 4) is 0 Å². The van der Waals surface area contributed by atoms with E-state index in [1.807, 2.05) is 46.6 Å². The molecular weight excluding hydrogens is 280 g/mol. The number of fused-ring (bicyclic) bond motifs is 3. The van der Waals surface area contributed by atoms with Crippen LogP contribution in [0, 0.1) is 6.92 Å². The number of hydrogen-bond acceptors (Lipinski definition) is 2. The largest absolute Gasteiger partial charge is 0.357 e. The number of thiophene rings is 1. The molecule has 0 saturated heterocycles. The Morgan fingerprint density at radius 2 is 2.10 bits per heavy atom. The number of benzene rings is 1. The molecule has 3 nitrogen and oxygen atoms in total. The van der Waals surface area contributed by atoms with Crippen LogP contribution in [0.2, 0.25) is 0 Å². The number of aromatic nitrogens is 1. The predicted molar refractivity (Wildman–Crippen MR) is 85.8 cm³/mol. The van der Waals surface area contributed by atoms with Crippen LogP contribution in [0.5, 0.6) is 0 Å². The third-order valence-corrected chi connectivity index (χ3v) is 5.18. The van der Waals surface area contributed by atoms with Crippen LogP contribution >= 0.6 is 11.3 Å². The SMILES string of the molecule is Cc1cc2[nH]c3c(c2s1)CN(C(=O)c1ccccc1)CC3. The molecule has 1 aliphatic heterocycles. The molecule has 1 aliphatic rings. The van der Waals surface area contributed by atoms with Crippen LogP contribution in [0.4, 0.5) is 0 Å². The van der Waals surface area contributed by atoms with Crippen molar-refractivity contribution in [1.82, 2.24) is 9.88 Å². The van der Waals surface area contributed by atoms with Gasteiger partial charge in [0.1, 0.15) is 0 Å². The van der Waals surface area contributed by atoms with Crippen LogP contribution in [-0.2, 0) is 13.0 Å². The average molecular weight is 296 g/mol. The van der Waals surface area contributed by atoms with E-state index < -0.39 is 0 Å². The van der Waals surface area contributed by atoms with E-state index >= 15 is 0 Å². The highest BCUT2D eigenvalue weighted by molar-refractivity contribution is 7.19. The minimum absolute atomic E-state index is 0.129. The number of carbonyl (C=O) groups is 1. The number of H-pyrrole nitrogens is 1. The van der Waals surface area contributed by atoms with Gasteiger partial charge in [0, 0.05) is 41.2 Å². The fourth-order valence-corrected chi connectivity index (χ4v) is 4.07. The second kappa shape index (κ2) is 4.74. The summed E-state index contributed by atoms with van der Waals surface area (Å²) >= 11 is 1.81. The first-order valence-corrected chi connectivity index (χ1v) is 7.98. The van der Waals surface area contributed by atoms with E-state index in [0.717, 1.165) is 18.5 Å². The maximum absolute atomic E-state index is 12.6. The van der Waals surface area contributed by atoms with Gasteiger partial charge >= 0.3 is 0 Å². The molecule has 0 radical (unpaired) electrons. The molecule has 0 aliphatic carbocycles. The van der Waals surface area contributed by atoms with Crippen molar-refractivity contribution in [3.05, 3.63) is 58.1 Å². The topological polar surface area (TPSA) is 36.1 Å². The van der Waals surface area contributed by atoms with Crippen molar-refractivity contribution < 1.29 is 4.79 Å². The summed E-state index contributed by atoms with van der Waals surface area (Å²) in [4.78, 5) is 19.4. The molecule has 0 fully saturated rings. The molecule has 3 heterocycles. The lowest BCUT2D eigenvalue weighted by atomic mass is 10.1. The molecule has 106 valence electrons. The van der Waals surface area contributed by atoms with Crippen molar-refractivity contribution in [2.45, 2.75) is 19.9 Å². The van der Waals surface area contributed by atoms with Gasteiger partial charge in [-0.3, -0.25) is 4.79 Å². The lowest BCUT2D eigenvalue weighted by Gasteiger charge is -2.27. The van der Waals surface area contributed by atoms with Gasteiger partial charge in [-0.2, -0.15) is 0 Å². The average Bonchev–Trinajstić information content (AvgIpc) is 3.03. The highest BCUT2D eigenvalue weighted by Crippen LogP contribution is 2.34. The summed E-state index contributed by atoms with van der Waals surface area (Å²) in [6.07, 6.45) is 0.911. The maximum atomic E-state index is 12.6. The Morgan fingerprint density at radius 1 is 1.29 bits per heavy atom. The Balaban J connectivity index is 1.68. The van der Waals surface area contributed by atoms with E-state index in [4.69, 9.17) is 0 Å². The number of carbonyl (C=O) groups excluding carboxylic acids is 1. The van der Waals surface area contributed by atoms with Crippen LogP contribution in [0.15, 0.2) is 36.4 Å². The third-order valence-electron chi connectivity index (χ3n) is 4.07. The van der Waals surface area contributed by atoms with Gasteiger partial charge in [0.2, 0.25) is 0 Å². The number of rotatable bonds is 1. The van der Waals surface area contributed by atoms with Crippen molar-refractivity contribution >= 4 is 27.5 Å². The Labute approximate surface area is 127 Å². The first-order chi connectivity index (χ1) is 10.2. The van der Waals surface area contributed by atoms with E-state index in [0.29, 0.717) is 6.54 Å². The lowest BCUT2D eigenvalue weighted by Crippen LogP contribution is -2.35. The number of nitrogens with zero attached hydrogens (tertiary/aromatic N) is 1. The monoisotopic (exact) mass is 296 g/mol. The molecule has 1 amide bonds. The Hall–Kier alpha value is -2.07. The second-order valence-electron chi connectivity index (χ2n) is 5.52. The van der Waals surface area contributed by atoms with Gasteiger partial charge in [-0.15, -0.1) is 11.3 Å². The summed E-state index contributed by atoms with van der Waals surface area (Å²) < 4.78 is 1.31. The molecule has 21 heavy (non-hydrogen) atoms. The van der Waals surface area contributed by atoms with Crippen LogP contribution in [-0.4, -0.2) is 22.3 Å². The molecule has 0 spiro atoms. The molecule has 0 unspecified atom stereocenters. The highest BCUT2D eigenvalue weighted by Gasteiger charge is 2.25. The maximum Gasteiger partial charge on any atom is 0.254 e. The Bertz CT molecular complexity index is 816. The number of hydrogen-bond donors (Lipinski definition) is 1. The molecule has 2 aromatic heterocycles. The summed E-state index contributed by atoms with van der Waals surface area (Å²) in [5.41, 5.74) is 4.60. The van der Waals surface area contributed by atoms with Gasteiger partial charge in [0.25, 0.3) is 5.91 Å². The summed E-state index contributed by atoms with van der Waals surface area (Å²) in [6.45, 7) is 3.62. The highest BCUT2D eigenvalue weighted by atomic mass is 32.1. The van der Waals surface area contributed by atoms with E-state index in [1.54, 1.807) is 0 Å². The van der Waals surface area contributed by atoms with Crippen LogP contribution in [0.1, 0.15) is 26.5 Å². The fourth-order valence-electron chi connectivity index (χ4n) is 3.04. The van der Waals surface area contributed by atoms with E-state index in [1.165, 1.54) is 26.4 Å². The van der Waals surface area contributed by atoms with Gasteiger partial charge in [-0.05, 0) is 25.1 Å². The standard InChI is InChI=1S/C17H16N2OS/c1-11-9-15-16(21-11)13-10-19(8-7-14(13)18-15)17(20)12-5-3-2-4-6-12/h2-6,9,18H,7-8,10H2,1H3. The minimum atomic E-state index is 0.129. The van der Waals surface area contributed by atoms with Crippen LogP contribution in [0.3, 0.4) is 0 Å². The molecule has 1 aromatic carbocycles. The first kappa shape index (κ1) is 12.7. The number of aryl methyl sites for hydroxylation is 1. The smallest absolute Gasteiger partial charge is 0.254 e. The molecule has 0 saturated carbocycles. The van der Waals surface area contributed by atoms with Crippen LogP contribution < -0.4 is 0 Å². The van der Waals surface area contributed by atoms with Gasteiger partial charge in [0.05, 0.1) is 10.2 Å². The normalized spacial score (nSPS) is 14.4. The minimum Gasteiger partial charge on any atom is -0.357 e. The van der Waals surface area contributed by atoms with E-state index in [2.05, 4.69) is 18.0 Å². The molecule has 4 heteroatoms. The van der Waals surface area contributed by atoms with E-state index in [-0.39, 0.29) is 5.91 Å². The molecule has 4 rings (SSSR count).